The van der Waals surface area contributed by atoms with Crippen LogP contribution in [0.1, 0.15) is 53.1 Å². The van der Waals surface area contributed by atoms with E-state index in [0.717, 1.165) is 4.34 Å². The fourth-order valence-electron chi connectivity index (χ4n) is 2.56. The summed E-state index contributed by atoms with van der Waals surface area (Å²) in [4.78, 5) is 1.28. The molecule has 0 radical (unpaired) electrons. The maximum absolute atomic E-state index is 6.01. The van der Waals surface area contributed by atoms with E-state index in [0.29, 0.717) is 12.1 Å². The SMILES string of the molecule is Cc1cc(C)c(C(C)NC(C)c2ccc(Cl)s2)cc1C. The Morgan fingerprint density at radius 1 is 0.950 bits per heavy atom. The van der Waals surface area contributed by atoms with Gasteiger partial charge in [0, 0.05) is 17.0 Å². The van der Waals surface area contributed by atoms with E-state index in [-0.39, 0.29) is 0 Å². The Labute approximate surface area is 131 Å². The first kappa shape index (κ1) is 15.6. The van der Waals surface area contributed by atoms with E-state index in [1.807, 2.05) is 6.07 Å². The lowest BCUT2D eigenvalue weighted by atomic mass is 9.96. The average Bonchev–Trinajstić information content (AvgIpc) is 2.80. The average molecular weight is 308 g/mol. The van der Waals surface area contributed by atoms with Gasteiger partial charge in [0.1, 0.15) is 0 Å². The van der Waals surface area contributed by atoms with Gasteiger partial charge in [-0.3, -0.25) is 0 Å². The van der Waals surface area contributed by atoms with Crippen LogP contribution in [0.5, 0.6) is 0 Å². The van der Waals surface area contributed by atoms with E-state index in [9.17, 15) is 0 Å². The molecule has 1 aromatic heterocycles. The van der Waals surface area contributed by atoms with Crippen molar-refractivity contribution in [3.05, 3.63) is 55.7 Å². The zero-order valence-corrected chi connectivity index (χ0v) is 14.3. The molecule has 0 fully saturated rings. The Bertz CT molecular complexity index is 603. The van der Waals surface area contributed by atoms with Crippen LogP contribution in [0.3, 0.4) is 0 Å². The van der Waals surface area contributed by atoms with Gasteiger partial charge < -0.3 is 5.32 Å². The number of nitrogens with one attached hydrogen (secondary N) is 1. The van der Waals surface area contributed by atoms with Crippen molar-refractivity contribution in [3.8, 4) is 0 Å². The van der Waals surface area contributed by atoms with Gasteiger partial charge in [0.25, 0.3) is 0 Å². The second-order valence-electron chi connectivity index (χ2n) is 5.54. The predicted octanol–water partition coefficient (Wildman–Crippen LogP) is 5.74. The molecule has 0 aliphatic carbocycles. The molecule has 1 heterocycles. The number of thiophene rings is 1. The van der Waals surface area contributed by atoms with Crippen LogP contribution in [0.25, 0.3) is 0 Å². The van der Waals surface area contributed by atoms with E-state index < -0.39 is 0 Å². The van der Waals surface area contributed by atoms with Gasteiger partial charge in [0.05, 0.1) is 4.34 Å². The molecular weight excluding hydrogens is 286 g/mol. The van der Waals surface area contributed by atoms with Gasteiger partial charge in [-0.25, -0.2) is 0 Å². The molecule has 1 N–H and O–H groups in total. The first-order chi connectivity index (χ1) is 9.38. The molecule has 108 valence electrons. The molecule has 2 atom stereocenters. The summed E-state index contributed by atoms with van der Waals surface area (Å²) in [6.07, 6.45) is 0. The van der Waals surface area contributed by atoms with Crippen LogP contribution in [-0.2, 0) is 0 Å². The second-order valence-corrected chi connectivity index (χ2v) is 7.29. The van der Waals surface area contributed by atoms with Crippen LogP contribution >= 0.6 is 22.9 Å². The first-order valence-electron chi connectivity index (χ1n) is 6.97. The predicted molar refractivity (Wildman–Crippen MR) is 89.9 cm³/mol. The third-order valence-corrected chi connectivity index (χ3v) is 5.28. The second kappa shape index (κ2) is 6.30. The van der Waals surface area contributed by atoms with Gasteiger partial charge in [-0.1, -0.05) is 23.7 Å². The summed E-state index contributed by atoms with van der Waals surface area (Å²) in [5, 5.41) is 3.67. The standard InChI is InChI=1S/C17H22ClNS/c1-10-8-12(3)15(9-11(10)2)13(4)19-14(5)16-6-7-17(18)20-16/h6-9,13-14,19H,1-5H3. The Hall–Kier alpha value is -0.830. The molecule has 0 aliphatic rings. The number of hydrogen-bond acceptors (Lipinski definition) is 2. The quantitative estimate of drug-likeness (QED) is 0.759. The normalized spacial score (nSPS) is 14.3. The Morgan fingerprint density at radius 3 is 2.20 bits per heavy atom. The molecule has 3 heteroatoms. The molecule has 0 spiro atoms. The van der Waals surface area contributed by atoms with E-state index in [2.05, 4.69) is 58.1 Å². The summed E-state index contributed by atoms with van der Waals surface area (Å²) >= 11 is 7.66. The lowest BCUT2D eigenvalue weighted by molar-refractivity contribution is 0.498. The van der Waals surface area contributed by atoms with Crippen LogP contribution in [0.2, 0.25) is 4.34 Å². The summed E-state index contributed by atoms with van der Waals surface area (Å²) in [7, 11) is 0. The number of halogens is 1. The fourth-order valence-corrected chi connectivity index (χ4v) is 3.63. The molecule has 2 rings (SSSR count). The Kier molecular flexibility index (Phi) is 4.90. The smallest absolute Gasteiger partial charge is 0.0931 e. The monoisotopic (exact) mass is 307 g/mol. The molecule has 0 saturated heterocycles. The van der Waals surface area contributed by atoms with Crippen molar-refractivity contribution in [3.63, 3.8) is 0 Å². The highest BCUT2D eigenvalue weighted by Gasteiger charge is 2.15. The van der Waals surface area contributed by atoms with Gasteiger partial charge in [0.15, 0.2) is 0 Å². The van der Waals surface area contributed by atoms with Crippen molar-refractivity contribution in [1.29, 1.82) is 0 Å². The maximum Gasteiger partial charge on any atom is 0.0931 e. The topological polar surface area (TPSA) is 12.0 Å². The number of rotatable bonds is 4. The minimum atomic E-state index is 0.309. The van der Waals surface area contributed by atoms with E-state index in [1.165, 1.54) is 27.1 Å². The maximum atomic E-state index is 6.01. The van der Waals surface area contributed by atoms with Crippen LogP contribution in [0, 0.1) is 20.8 Å². The van der Waals surface area contributed by atoms with Crippen molar-refractivity contribution in [1.82, 2.24) is 5.32 Å². The van der Waals surface area contributed by atoms with Crippen LogP contribution in [-0.4, -0.2) is 0 Å². The zero-order chi connectivity index (χ0) is 14.9. The largest absolute Gasteiger partial charge is 0.303 e. The third-order valence-electron chi connectivity index (χ3n) is 3.87. The summed E-state index contributed by atoms with van der Waals surface area (Å²) in [6, 6.07) is 9.27. The molecular formula is C17H22ClNS. The van der Waals surface area contributed by atoms with Crippen molar-refractivity contribution in [2.45, 2.75) is 46.7 Å². The Balaban J connectivity index is 2.16. The summed E-state index contributed by atoms with van der Waals surface area (Å²) < 4.78 is 0.851. The molecule has 20 heavy (non-hydrogen) atoms. The molecule has 2 unspecified atom stereocenters. The number of aryl methyl sites for hydroxylation is 3. The molecule has 0 amide bonds. The number of hydrogen-bond donors (Lipinski definition) is 1. The summed E-state index contributed by atoms with van der Waals surface area (Å²) in [5.41, 5.74) is 5.44. The van der Waals surface area contributed by atoms with Crippen molar-refractivity contribution in [2.24, 2.45) is 0 Å². The third kappa shape index (κ3) is 3.43. The molecule has 1 aromatic carbocycles. The molecule has 0 aliphatic heterocycles. The first-order valence-corrected chi connectivity index (χ1v) is 8.17. The summed E-state index contributed by atoms with van der Waals surface area (Å²) in [6.45, 7) is 10.9. The van der Waals surface area contributed by atoms with E-state index >= 15 is 0 Å². The highest BCUT2D eigenvalue weighted by atomic mass is 35.5. The van der Waals surface area contributed by atoms with Gasteiger partial charge in [-0.15, -0.1) is 11.3 Å². The molecule has 1 nitrogen and oxygen atoms in total. The van der Waals surface area contributed by atoms with E-state index in [4.69, 9.17) is 11.6 Å². The van der Waals surface area contributed by atoms with Crippen molar-refractivity contribution >= 4 is 22.9 Å². The van der Waals surface area contributed by atoms with Gasteiger partial charge in [0.2, 0.25) is 0 Å². The van der Waals surface area contributed by atoms with Crippen LogP contribution in [0.4, 0.5) is 0 Å². The molecule has 0 bridgehead atoms. The Morgan fingerprint density at radius 2 is 1.60 bits per heavy atom. The molecule has 0 saturated carbocycles. The van der Waals surface area contributed by atoms with Gasteiger partial charge in [-0.2, -0.15) is 0 Å². The van der Waals surface area contributed by atoms with Crippen LogP contribution < -0.4 is 5.32 Å². The highest BCUT2D eigenvalue weighted by Crippen LogP contribution is 2.29. The van der Waals surface area contributed by atoms with Crippen molar-refractivity contribution in [2.75, 3.05) is 0 Å². The van der Waals surface area contributed by atoms with Gasteiger partial charge in [-0.05, 0) is 69.0 Å². The van der Waals surface area contributed by atoms with E-state index in [1.54, 1.807) is 11.3 Å². The van der Waals surface area contributed by atoms with Crippen molar-refractivity contribution < 1.29 is 0 Å². The minimum Gasteiger partial charge on any atom is -0.303 e. The zero-order valence-electron chi connectivity index (χ0n) is 12.8. The summed E-state index contributed by atoms with van der Waals surface area (Å²) in [5.74, 6) is 0. The fraction of sp³-hybridized carbons (Fsp3) is 0.412. The van der Waals surface area contributed by atoms with Gasteiger partial charge >= 0.3 is 0 Å². The molecule has 2 aromatic rings. The lowest BCUT2D eigenvalue weighted by Gasteiger charge is -2.22. The minimum absolute atomic E-state index is 0.309. The highest BCUT2D eigenvalue weighted by molar-refractivity contribution is 7.16. The van der Waals surface area contributed by atoms with Crippen LogP contribution in [0.15, 0.2) is 24.3 Å². The number of benzene rings is 1. The lowest BCUT2D eigenvalue weighted by Crippen LogP contribution is -2.22.